The Balaban J connectivity index is 2.89. The van der Waals surface area contributed by atoms with Crippen LogP contribution in [-0.2, 0) is 14.3 Å². The Kier molecular flexibility index (Phi) is 8.63. The molecule has 8 nitrogen and oxygen atoms in total. The monoisotopic (exact) mass is 391 g/mol. The number of para-hydroxylation sites is 1. The molecule has 8 heteroatoms. The summed E-state index contributed by atoms with van der Waals surface area (Å²) >= 11 is 0. The maximum absolute atomic E-state index is 12.5. The molecule has 0 radical (unpaired) electrons. The normalized spacial score (nSPS) is 13.9. The molecule has 0 spiro atoms. The van der Waals surface area contributed by atoms with Crippen LogP contribution in [0.4, 0.5) is 0 Å². The minimum Gasteiger partial charge on any atom is -0.507 e. The molecule has 0 bridgehead atoms. The molecule has 154 valence electrons. The van der Waals surface area contributed by atoms with Crippen LogP contribution in [0.25, 0.3) is 0 Å². The molecule has 4 N–H and O–H groups in total. The zero-order valence-corrected chi connectivity index (χ0v) is 16.9. The summed E-state index contributed by atoms with van der Waals surface area (Å²) in [7, 11) is 0. The molecular formula is C20H29N3O5. The van der Waals surface area contributed by atoms with Crippen LogP contribution in [0.2, 0.25) is 0 Å². The summed E-state index contributed by atoms with van der Waals surface area (Å²) < 4.78 is 5.44. The van der Waals surface area contributed by atoms with E-state index in [2.05, 4.69) is 10.6 Å². The van der Waals surface area contributed by atoms with E-state index in [1.165, 1.54) is 19.1 Å². The van der Waals surface area contributed by atoms with Gasteiger partial charge in [-0.15, -0.1) is 0 Å². The van der Waals surface area contributed by atoms with Crippen molar-refractivity contribution in [1.29, 1.82) is 5.41 Å². The fourth-order valence-corrected chi connectivity index (χ4v) is 2.56. The van der Waals surface area contributed by atoms with Gasteiger partial charge < -0.3 is 25.9 Å². The van der Waals surface area contributed by atoms with Crippen LogP contribution >= 0.6 is 0 Å². The number of amides is 2. The summed E-state index contributed by atoms with van der Waals surface area (Å²) in [5.74, 6) is -1.86. The predicted octanol–water partition coefficient (Wildman–Crippen LogP) is 2.01. The van der Waals surface area contributed by atoms with Crippen molar-refractivity contribution in [3.05, 3.63) is 29.8 Å². The van der Waals surface area contributed by atoms with Crippen molar-refractivity contribution in [3.8, 4) is 5.75 Å². The van der Waals surface area contributed by atoms with Crippen molar-refractivity contribution >= 4 is 23.5 Å². The minimum absolute atomic E-state index is 0.0579. The second-order valence-electron chi connectivity index (χ2n) is 6.94. The van der Waals surface area contributed by atoms with E-state index < -0.39 is 30.1 Å². The zero-order valence-electron chi connectivity index (χ0n) is 16.9. The zero-order chi connectivity index (χ0) is 21.4. The molecule has 0 fully saturated rings. The van der Waals surface area contributed by atoms with Crippen LogP contribution in [0.15, 0.2) is 24.3 Å². The molecule has 2 amide bonds. The van der Waals surface area contributed by atoms with Gasteiger partial charge in [0, 0.05) is 12.1 Å². The van der Waals surface area contributed by atoms with Crippen LogP contribution in [0.5, 0.6) is 5.75 Å². The van der Waals surface area contributed by atoms with E-state index >= 15 is 0 Å². The van der Waals surface area contributed by atoms with Crippen molar-refractivity contribution in [2.45, 2.75) is 59.2 Å². The first-order chi connectivity index (χ1) is 13.1. The van der Waals surface area contributed by atoms with Crippen LogP contribution < -0.4 is 10.6 Å². The molecule has 0 heterocycles. The number of carbonyl (C=O) groups is 3. The Morgan fingerprint density at radius 3 is 2.21 bits per heavy atom. The molecule has 1 aromatic carbocycles. The lowest BCUT2D eigenvalue weighted by Crippen LogP contribution is -2.51. The quantitative estimate of drug-likeness (QED) is 0.378. The molecule has 3 atom stereocenters. The Bertz CT molecular complexity index is 732. The fourth-order valence-electron chi connectivity index (χ4n) is 2.56. The highest BCUT2D eigenvalue weighted by molar-refractivity contribution is 6.00. The van der Waals surface area contributed by atoms with Crippen LogP contribution in [0.3, 0.4) is 0 Å². The third-order valence-electron chi connectivity index (χ3n) is 4.23. The molecule has 0 saturated heterocycles. The number of rotatable bonds is 9. The molecule has 0 saturated carbocycles. The first-order valence-corrected chi connectivity index (χ1v) is 9.22. The van der Waals surface area contributed by atoms with Gasteiger partial charge in [-0.1, -0.05) is 32.9 Å². The largest absolute Gasteiger partial charge is 0.507 e. The molecule has 0 aliphatic heterocycles. The van der Waals surface area contributed by atoms with E-state index in [1.54, 1.807) is 39.8 Å². The van der Waals surface area contributed by atoms with Gasteiger partial charge >= 0.3 is 5.97 Å². The summed E-state index contributed by atoms with van der Waals surface area (Å²) in [5, 5.41) is 23.0. The van der Waals surface area contributed by atoms with E-state index in [0.29, 0.717) is 0 Å². The first-order valence-electron chi connectivity index (χ1n) is 9.22. The van der Waals surface area contributed by atoms with Crippen molar-refractivity contribution in [3.63, 3.8) is 0 Å². The van der Waals surface area contributed by atoms with E-state index in [0.717, 1.165) is 0 Å². The number of phenolic OH excluding ortho intramolecular Hbond substituents is 1. The second kappa shape index (κ2) is 10.4. The summed E-state index contributed by atoms with van der Waals surface area (Å²) in [5.41, 5.74) is 0.144. The van der Waals surface area contributed by atoms with E-state index in [9.17, 15) is 19.5 Å². The van der Waals surface area contributed by atoms with Gasteiger partial charge in [0.25, 0.3) is 5.91 Å². The standard InChI is InChI=1S/C20H29N3O5/c1-6-16(25)22-17(11(2)3)20(27)28-13(5)18(12(4)21)23-19(26)14-9-7-8-10-15(14)24/h7-11,13,17-18,21,24H,6H2,1-5H3,(H,22,25)(H,23,26). The SMILES string of the molecule is CCC(=O)NC(C(=O)OC(C)C(NC(=O)c1ccccc1O)C(C)=N)C(C)C. The molecule has 0 aliphatic rings. The molecule has 28 heavy (non-hydrogen) atoms. The van der Waals surface area contributed by atoms with Gasteiger partial charge in [-0.25, -0.2) is 4.79 Å². The number of esters is 1. The average Bonchev–Trinajstić information content (AvgIpc) is 2.63. The van der Waals surface area contributed by atoms with Crippen LogP contribution in [-0.4, -0.2) is 46.8 Å². The number of aromatic hydroxyl groups is 1. The second-order valence-corrected chi connectivity index (χ2v) is 6.94. The van der Waals surface area contributed by atoms with Gasteiger partial charge in [-0.3, -0.25) is 9.59 Å². The smallest absolute Gasteiger partial charge is 0.329 e. The third kappa shape index (κ3) is 6.37. The number of carbonyl (C=O) groups excluding carboxylic acids is 3. The summed E-state index contributed by atoms with van der Waals surface area (Å²) in [6.07, 6.45) is -0.607. The van der Waals surface area contributed by atoms with Gasteiger partial charge in [0.15, 0.2) is 0 Å². The molecule has 3 unspecified atom stereocenters. The lowest BCUT2D eigenvalue weighted by atomic mass is 10.0. The molecule has 1 rings (SSSR count). The maximum Gasteiger partial charge on any atom is 0.329 e. The molecule has 0 aliphatic carbocycles. The number of hydrogen-bond donors (Lipinski definition) is 4. The van der Waals surface area contributed by atoms with Gasteiger partial charge in [0.1, 0.15) is 23.9 Å². The molecular weight excluding hydrogens is 362 g/mol. The number of nitrogens with one attached hydrogen (secondary N) is 3. The predicted molar refractivity (Wildman–Crippen MR) is 105 cm³/mol. The van der Waals surface area contributed by atoms with Gasteiger partial charge in [-0.2, -0.15) is 0 Å². The summed E-state index contributed by atoms with van der Waals surface area (Å²) in [6.45, 7) is 8.30. The highest BCUT2D eigenvalue weighted by atomic mass is 16.5. The summed E-state index contributed by atoms with van der Waals surface area (Å²) in [6, 6.07) is 4.32. The van der Waals surface area contributed by atoms with E-state index in [1.807, 2.05) is 0 Å². The van der Waals surface area contributed by atoms with Gasteiger partial charge in [-0.05, 0) is 31.9 Å². The number of ether oxygens (including phenoxy) is 1. The Labute approximate surface area is 165 Å². The van der Waals surface area contributed by atoms with Crippen molar-refractivity contribution in [2.75, 3.05) is 0 Å². The van der Waals surface area contributed by atoms with Crippen molar-refractivity contribution < 1.29 is 24.2 Å². The number of benzene rings is 1. The minimum atomic E-state index is -0.884. The Morgan fingerprint density at radius 2 is 1.71 bits per heavy atom. The molecule has 0 aromatic heterocycles. The van der Waals surface area contributed by atoms with Crippen LogP contribution in [0.1, 0.15) is 51.4 Å². The van der Waals surface area contributed by atoms with Gasteiger partial charge in [0.05, 0.1) is 5.56 Å². The van der Waals surface area contributed by atoms with Crippen LogP contribution in [0, 0.1) is 11.3 Å². The van der Waals surface area contributed by atoms with Gasteiger partial charge in [0.2, 0.25) is 5.91 Å². The first kappa shape index (κ1) is 23.1. The highest BCUT2D eigenvalue weighted by Gasteiger charge is 2.31. The Hall–Kier alpha value is -2.90. The number of hydrogen-bond acceptors (Lipinski definition) is 6. The van der Waals surface area contributed by atoms with Crippen molar-refractivity contribution in [1.82, 2.24) is 10.6 Å². The highest BCUT2D eigenvalue weighted by Crippen LogP contribution is 2.16. The Morgan fingerprint density at radius 1 is 1.11 bits per heavy atom. The topological polar surface area (TPSA) is 129 Å². The summed E-state index contributed by atoms with van der Waals surface area (Å²) in [4.78, 5) is 36.6. The lowest BCUT2D eigenvalue weighted by molar-refractivity contribution is -0.154. The number of phenols is 1. The lowest BCUT2D eigenvalue weighted by Gasteiger charge is -2.28. The third-order valence-corrected chi connectivity index (χ3v) is 4.23. The average molecular weight is 391 g/mol. The molecule has 1 aromatic rings. The van der Waals surface area contributed by atoms with E-state index in [-0.39, 0.29) is 35.3 Å². The fraction of sp³-hybridized carbons (Fsp3) is 0.500. The van der Waals surface area contributed by atoms with E-state index in [4.69, 9.17) is 10.1 Å². The maximum atomic E-state index is 12.5. The van der Waals surface area contributed by atoms with Crippen molar-refractivity contribution in [2.24, 2.45) is 5.92 Å².